The van der Waals surface area contributed by atoms with Gasteiger partial charge >= 0.3 is 7.12 Å². The van der Waals surface area contributed by atoms with Crippen LogP contribution < -0.4 is 5.46 Å². The van der Waals surface area contributed by atoms with Gasteiger partial charge in [-0.25, -0.2) is 8.78 Å². The minimum atomic E-state index is -1.85. The van der Waals surface area contributed by atoms with Crippen molar-refractivity contribution in [2.45, 2.75) is 13.1 Å². The van der Waals surface area contributed by atoms with Crippen molar-refractivity contribution < 1.29 is 18.8 Å². The summed E-state index contributed by atoms with van der Waals surface area (Å²) in [5, 5.41) is 18.2. The molecule has 0 heterocycles. The van der Waals surface area contributed by atoms with Crippen LogP contribution in [-0.2, 0) is 13.1 Å². The maximum Gasteiger partial charge on any atom is 0.491 e. The molecule has 2 aromatic rings. The van der Waals surface area contributed by atoms with Gasteiger partial charge in [0.15, 0.2) is 0 Å². The van der Waals surface area contributed by atoms with E-state index in [1.807, 2.05) is 11.9 Å². The molecule has 110 valence electrons. The van der Waals surface area contributed by atoms with E-state index in [1.165, 1.54) is 18.2 Å². The molecule has 0 spiro atoms. The van der Waals surface area contributed by atoms with Crippen molar-refractivity contribution in [3.05, 3.63) is 65.2 Å². The molecule has 2 N–H and O–H groups in total. The van der Waals surface area contributed by atoms with Crippen molar-refractivity contribution in [1.82, 2.24) is 4.90 Å². The fraction of sp³-hybridized carbons (Fsp3) is 0.200. The summed E-state index contributed by atoms with van der Waals surface area (Å²) in [4.78, 5) is 1.86. The van der Waals surface area contributed by atoms with Crippen LogP contribution in [0.4, 0.5) is 8.78 Å². The van der Waals surface area contributed by atoms with Crippen LogP contribution in [0, 0.1) is 11.6 Å². The molecule has 0 radical (unpaired) electrons. The van der Waals surface area contributed by atoms with E-state index in [0.29, 0.717) is 18.7 Å². The average Bonchev–Trinajstić information content (AvgIpc) is 2.43. The Balaban J connectivity index is 2.08. The molecule has 0 saturated carbocycles. The second kappa shape index (κ2) is 6.80. The van der Waals surface area contributed by atoms with Gasteiger partial charge in [-0.05, 0) is 24.7 Å². The largest absolute Gasteiger partial charge is 0.491 e. The molecule has 0 unspecified atom stereocenters. The molecule has 3 nitrogen and oxygen atoms in total. The van der Waals surface area contributed by atoms with Crippen molar-refractivity contribution in [3.63, 3.8) is 0 Å². The lowest BCUT2D eigenvalue weighted by atomic mass is 9.79. The van der Waals surface area contributed by atoms with E-state index in [4.69, 9.17) is 10.0 Å². The summed E-state index contributed by atoms with van der Waals surface area (Å²) in [6.45, 7) is 0.843. The molecule has 0 bridgehead atoms. The summed E-state index contributed by atoms with van der Waals surface area (Å²) in [5.74, 6) is -0.930. The van der Waals surface area contributed by atoms with Crippen molar-refractivity contribution in [1.29, 1.82) is 0 Å². The van der Waals surface area contributed by atoms with Crippen LogP contribution in [0.2, 0.25) is 0 Å². The zero-order valence-corrected chi connectivity index (χ0v) is 11.6. The summed E-state index contributed by atoms with van der Waals surface area (Å²) >= 11 is 0. The summed E-state index contributed by atoms with van der Waals surface area (Å²) < 4.78 is 26.9. The zero-order valence-electron chi connectivity index (χ0n) is 11.6. The molecule has 2 rings (SSSR count). The molecule has 0 saturated heterocycles. The first-order valence-electron chi connectivity index (χ1n) is 6.54. The lowest BCUT2D eigenvalue weighted by Crippen LogP contribution is -2.33. The Labute approximate surface area is 122 Å². The van der Waals surface area contributed by atoms with E-state index in [1.54, 1.807) is 24.3 Å². The third-order valence-corrected chi connectivity index (χ3v) is 3.19. The number of nitrogens with zero attached hydrogens (tertiary/aromatic N) is 1. The molecule has 0 fully saturated rings. The van der Waals surface area contributed by atoms with Gasteiger partial charge < -0.3 is 10.0 Å². The summed E-state index contributed by atoms with van der Waals surface area (Å²) in [7, 11) is -0.0352. The molecule has 2 aromatic carbocycles. The van der Waals surface area contributed by atoms with Gasteiger partial charge in [0.2, 0.25) is 0 Å². The van der Waals surface area contributed by atoms with Gasteiger partial charge in [-0.3, -0.25) is 4.90 Å². The van der Waals surface area contributed by atoms with Crippen molar-refractivity contribution in [3.8, 4) is 0 Å². The normalized spacial score (nSPS) is 11.0. The van der Waals surface area contributed by atoms with Crippen LogP contribution in [0.15, 0.2) is 42.5 Å². The summed E-state index contributed by atoms with van der Waals surface area (Å²) in [6.07, 6.45) is 0. The van der Waals surface area contributed by atoms with Gasteiger partial charge in [0, 0.05) is 24.1 Å². The van der Waals surface area contributed by atoms with Gasteiger partial charge in [-0.1, -0.05) is 30.3 Å². The van der Waals surface area contributed by atoms with Crippen LogP contribution in [0.5, 0.6) is 0 Å². The van der Waals surface area contributed by atoms with Gasteiger partial charge in [0.1, 0.15) is 11.6 Å². The molecular weight excluding hydrogens is 275 g/mol. The predicted octanol–water partition coefficient (Wildman–Crippen LogP) is 1.28. The number of rotatable bonds is 5. The second-order valence-corrected chi connectivity index (χ2v) is 4.99. The van der Waals surface area contributed by atoms with E-state index in [-0.39, 0.29) is 11.3 Å². The Kier molecular flexibility index (Phi) is 5.06. The first-order chi connectivity index (χ1) is 9.97. The highest BCUT2D eigenvalue weighted by Gasteiger charge is 2.17. The van der Waals surface area contributed by atoms with Crippen molar-refractivity contribution >= 4 is 12.6 Å². The fourth-order valence-electron chi connectivity index (χ4n) is 2.17. The Bertz CT molecular complexity index is 622. The van der Waals surface area contributed by atoms with E-state index in [0.717, 1.165) is 5.56 Å². The smallest absolute Gasteiger partial charge is 0.423 e. The average molecular weight is 291 g/mol. The molecule has 0 amide bonds. The van der Waals surface area contributed by atoms with Gasteiger partial charge in [0.05, 0.1) is 0 Å². The maximum absolute atomic E-state index is 13.6. The topological polar surface area (TPSA) is 43.7 Å². The fourth-order valence-corrected chi connectivity index (χ4v) is 2.17. The molecule has 0 aliphatic carbocycles. The summed E-state index contributed by atoms with van der Waals surface area (Å²) in [6, 6.07) is 10.7. The Morgan fingerprint density at radius 2 is 1.71 bits per heavy atom. The van der Waals surface area contributed by atoms with Gasteiger partial charge in [-0.15, -0.1) is 0 Å². The summed E-state index contributed by atoms with van der Waals surface area (Å²) in [5.41, 5.74) is 1.13. The van der Waals surface area contributed by atoms with Crippen LogP contribution in [0.3, 0.4) is 0 Å². The standard InChI is InChI=1S/C15H16BF2NO2/c1-19(10-12-4-2-3-5-14(12)17)9-11-6-7-15(18)13(8-11)16(20)21/h2-8,20-21H,9-10H2,1H3. The maximum atomic E-state index is 13.6. The molecule has 0 atom stereocenters. The van der Waals surface area contributed by atoms with Crippen LogP contribution in [-0.4, -0.2) is 29.1 Å². The number of benzene rings is 2. The quantitative estimate of drug-likeness (QED) is 0.816. The number of hydrogen-bond donors (Lipinski definition) is 2. The van der Waals surface area contributed by atoms with E-state index in [2.05, 4.69) is 0 Å². The monoisotopic (exact) mass is 291 g/mol. The number of hydrogen-bond acceptors (Lipinski definition) is 3. The highest BCUT2D eigenvalue weighted by atomic mass is 19.1. The van der Waals surface area contributed by atoms with Crippen LogP contribution >= 0.6 is 0 Å². The lowest BCUT2D eigenvalue weighted by molar-refractivity contribution is 0.313. The first-order valence-corrected chi connectivity index (χ1v) is 6.54. The third kappa shape index (κ3) is 4.11. The Morgan fingerprint density at radius 1 is 1.00 bits per heavy atom. The molecule has 0 aliphatic rings. The lowest BCUT2D eigenvalue weighted by Gasteiger charge is -2.18. The number of halogens is 2. The van der Waals surface area contributed by atoms with Crippen LogP contribution in [0.1, 0.15) is 11.1 Å². The van der Waals surface area contributed by atoms with Gasteiger partial charge in [0.25, 0.3) is 0 Å². The molecular formula is C15H16BF2NO2. The molecule has 0 aromatic heterocycles. The van der Waals surface area contributed by atoms with Crippen LogP contribution in [0.25, 0.3) is 0 Å². The van der Waals surface area contributed by atoms with Gasteiger partial charge in [-0.2, -0.15) is 0 Å². The third-order valence-electron chi connectivity index (χ3n) is 3.19. The van der Waals surface area contributed by atoms with Crippen molar-refractivity contribution in [2.75, 3.05) is 7.05 Å². The van der Waals surface area contributed by atoms with Crippen molar-refractivity contribution in [2.24, 2.45) is 0 Å². The highest BCUT2D eigenvalue weighted by Crippen LogP contribution is 2.11. The zero-order chi connectivity index (χ0) is 15.4. The molecule has 0 aliphatic heterocycles. The molecule has 6 heteroatoms. The highest BCUT2D eigenvalue weighted by molar-refractivity contribution is 6.58. The SMILES string of the molecule is CN(Cc1ccc(F)c(B(O)O)c1)Cc1ccccc1F. The van der Waals surface area contributed by atoms with E-state index < -0.39 is 12.9 Å². The second-order valence-electron chi connectivity index (χ2n) is 4.99. The Morgan fingerprint density at radius 3 is 2.38 bits per heavy atom. The minimum absolute atomic E-state index is 0.160. The first kappa shape index (κ1) is 15.6. The Hall–Kier alpha value is -1.76. The predicted molar refractivity (Wildman–Crippen MR) is 77.8 cm³/mol. The van der Waals surface area contributed by atoms with E-state index >= 15 is 0 Å². The van der Waals surface area contributed by atoms with E-state index in [9.17, 15) is 8.78 Å². The minimum Gasteiger partial charge on any atom is -0.423 e. The molecule has 21 heavy (non-hydrogen) atoms.